The van der Waals surface area contributed by atoms with Gasteiger partial charge in [0.05, 0.1) is 17.1 Å². The van der Waals surface area contributed by atoms with E-state index in [-0.39, 0.29) is 6.04 Å². The van der Waals surface area contributed by atoms with Gasteiger partial charge in [0, 0.05) is 38.2 Å². The Kier molecular flexibility index (Phi) is 4.83. The maximum absolute atomic E-state index is 5.56. The quantitative estimate of drug-likeness (QED) is 0.567. The monoisotopic (exact) mass is 388 g/mol. The minimum absolute atomic E-state index is 0.162. The lowest BCUT2D eigenvalue weighted by Crippen LogP contribution is -2.44. The molecule has 2 aromatic heterocycles. The average Bonchev–Trinajstić information content (AvgIpc) is 3.37. The van der Waals surface area contributed by atoms with E-state index in [1.807, 2.05) is 30.3 Å². The topological polar surface area (TPSA) is 72.0 Å². The number of rotatable bonds is 5. The first-order chi connectivity index (χ1) is 14.3. The fraction of sp³-hybridized carbons (Fsp3) is 0.318. The molecule has 29 heavy (non-hydrogen) atoms. The third-order valence-electron chi connectivity index (χ3n) is 5.50. The molecule has 1 atom stereocenters. The van der Waals surface area contributed by atoms with E-state index in [4.69, 9.17) is 9.51 Å². The van der Waals surface area contributed by atoms with Gasteiger partial charge in [0.25, 0.3) is 0 Å². The summed E-state index contributed by atoms with van der Waals surface area (Å²) in [7, 11) is 2.10. The molecule has 1 fully saturated rings. The predicted octanol–water partition coefficient (Wildman–Crippen LogP) is 2.77. The van der Waals surface area contributed by atoms with Gasteiger partial charge in [-0.15, -0.1) is 0 Å². The summed E-state index contributed by atoms with van der Waals surface area (Å²) in [4.78, 5) is 11.8. The molecule has 0 aliphatic carbocycles. The molecule has 7 nitrogen and oxygen atoms in total. The maximum Gasteiger partial charge on any atom is 0.227 e. The molecule has 0 saturated carbocycles. The molecule has 4 aromatic rings. The molecular weight excluding hydrogens is 364 g/mol. The van der Waals surface area contributed by atoms with Crippen LogP contribution >= 0.6 is 0 Å². The van der Waals surface area contributed by atoms with Crippen LogP contribution < -0.4 is 5.32 Å². The summed E-state index contributed by atoms with van der Waals surface area (Å²) in [6.07, 6.45) is 1.39. The normalized spacial score (nSPS) is 17.8. The second kappa shape index (κ2) is 7.77. The molecular formula is C22H24N6O. The van der Waals surface area contributed by atoms with E-state index < -0.39 is 0 Å². The summed E-state index contributed by atoms with van der Waals surface area (Å²) in [5, 5.41) is 7.63. The van der Waals surface area contributed by atoms with Crippen molar-refractivity contribution in [1.29, 1.82) is 0 Å². The summed E-state index contributed by atoms with van der Waals surface area (Å²) < 4.78 is 7.77. The molecule has 148 valence electrons. The lowest BCUT2D eigenvalue weighted by molar-refractivity contribution is 0.190. The fourth-order valence-corrected chi connectivity index (χ4v) is 3.93. The van der Waals surface area contributed by atoms with Gasteiger partial charge >= 0.3 is 0 Å². The van der Waals surface area contributed by atoms with Crippen molar-refractivity contribution in [3.63, 3.8) is 0 Å². The van der Waals surface area contributed by atoms with Crippen molar-refractivity contribution in [2.24, 2.45) is 0 Å². The van der Waals surface area contributed by atoms with Gasteiger partial charge in [-0.25, -0.2) is 4.98 Å². The number of hydrogen-bond acceptors (Lipinski definition) is 6. The molecule has 0 spiro atoms. The van der Waals surface area contributed by atoms with E-state index in [9.17, 15) is 0 Å². The van der Waals surface area contributed by atoms with Crippen molar-refractivity contribution in [2.75, 3.05) is 26.7 Å². The zero-order valence-corrected chi connectivity index (χ0v) is 16.5. The highest BCUT2D eigenvalue weighted by atomic mass is 16.5. The van der Waals surface area contributed by atoms with Gasteiger partial charge in [0.2, 0.25) is 5.89 Å². The molecule has 3 heterocycles. The Morgan fingerprint density at radius 2 is 1.86 bits per heavy atom. The zero-order valence-electron chi connectivity index (χ0n) is 16.5. The maximum atomic E-state index is 5.56. The Labute approximate surface area is 169 Å². The first kappa shape index (κ1) is 18.0. The Morgan fingerprint density at radius 3 is 2.72 bits per heavy atom. The van der Waals surface area contributed by atoms with Crippen LogP contribution in [0.5, 0.6) is 0 Å². The number of likely N-dealkylation sites (N-methyl/N-ethyl adjacent to an activating group) is 1. The van der Waals surface area contributed by atoms with Gasteiger partial charge in [-0.1, -0.05) is 35.5 Å². The van der Waals surface area contributed by atoms with Crippen LogP contribution in [0.25, 0.3) is 16.7 Å². The molecule has 0 bridgehead atoms. The second-order valence-electron chi connectivity index (χ2n) is 7.43. The number of imidazole rings is 1. The van der Waals surface area contributed by atoms with Crippen LogP contribution in [0.2, 0.25) is 0 Å². The highest BCUT2D eigenvalue weighted by molar-refractivity contribution is 5.78. The first-order valence-electron chi connectivity index (χ1n) is 10.0. The molecule has 1 saturated heterocycles. The number of aromatic nitrogens is 4. The van der Waals surface area contributed by atoms with E-state index in [0.717, 1.165) is 54.4 Å². The third kappa shape index (κ3) is 3.54. The summed E-state index contributed by atoms with van der Waals surface area (Å²) in [6.45, 7) is 2.82. The van der Waals surface area contributed by atoms with Crippen LogP contribution in [-0.2, 0) is 12.8 Å². The predicted molar refractivity (Wildman–Crippen MR) is 111 cm³/mol. The highest BCUT2D eigenvalue weighted by Crippen LogP contribution is 2.23. The molecule has 1 unspecified atom stereocenters. The SMILES string of the molecule is CN1CCNCC1c1noc(CCc2nc3ccccc3n2-c2ccccc2)n1. The van der Waals surface area contributed by atoms with Crippen LogP contribution in [0.1, 0.15) is 23.6 Å². The van der Waals surface area contributed by atoms with E-state index in [1.54, 1.807) is 0 Å². The average molecular weight is 388 g/mol. The van der Waals surface area contributed by atoms with Gasteiger partial charge in [-0.3, -0.25) is 9.47 Å². The number of nitrogens with one attached hydrogen (secondary N) is 1. The van der Waals surface area contributed by atoms with Crippen molar-refractivity contribution in [1.82, 2.24) is 29.9 Å². The number of para-hydroxylation sites is 3. The summed E-state index contributed by atoms with van der Waals surface area (Å²) in [5.74, 6) is 2.41. The first-order valence-corrected chi connectivity index (χ1v) is 10.0. The van der Waals surface area contributed by atoms with Crippen molar-refractivity contribution < 1.29 is 4.52 Å². The minimum atomic E-state index is 0.162. The molecule has 0 radical (unpaired) electrons. The largest absolute Gasteiger partial charge is 0.339 e. The molecule has 0 amide bonds. The molecule has 5 rings (SSSR count). The zero-order chi connectivity index (χ0) is 19.6. The molecule has 1 aliphatic heterocycles. The van der Waals surface area contributed by atoms with E-state index in [0.29, 0.717) is 12.3 Å². The lowest BCUT2D eigenvalue weighted by atomic mass is 10.2. The number of aryl methyl sites for hydroxylation is 2. The second-order valence-corrected chi connectivity index (χ2v) is 7.43. The number of piperazine rings is 1. The fourth-order valence-electron chi connectivity index (χ4n) is 3.93. The summed E-state index contributed by atoms with van der Waals surface area (Å²) in [6, 6.07) is 18.7. The van der Waals surface area contributed by atoms with E-state index in [2.05, 4.69) is 56.2 Å². The van der Waals surface area contributed by atoms with Gasteiger partial charge < -0.3 is 9.84 Å². The highest BCUT2D eigenvalue weighted by Gasteiger charge is 2.25. The molecule has 1 aliphatic rings. The van der Waals surface area contributed by atoms with Crippen molar-refractivity contribution in [2.45, 2.75) is 18.9 Å². The third-order valence-corrected chi connectivity index (χ3v) is 5.50. The van der Waals surface area contributed by atoms with Crippen molar-refractivity contribution in [3.8, 4) is 5.69 Å². The standard InChI is InChI=1S/C22H24N6O/c1-27-14-13-23-15-19(27)22-25-21(29-26-22)12-11-20-24-17-9-5-6-10-18(17)28(20)16-7-3-2-4-8-16/h2-10,19,23H,11-15H2,1H3. The smallest absolute Gasteiger partial charge is 0.227 e. The van der Waals surface area contributed by atoms with Crippen LogP contribution in [0.3, 0.4) is 0 Å². The summed E-state index contributed by atoms with van der Waals surface area (Å²) >= 11 is 0. The van der Waals surface area contributed by atoms with Gasteiger partial charge in [-0.05, 0) is 31.3 Å². The van der Waals surface area contributed by atoms with Crippen LogP contribution in [0.4, 0.5) is 0 Å². The minimum Gasteiger partial charge on any atom is -0.339 e. The van der Waals surface area contributed by atoms with Crippen molar-refractivity contribution in [3.05, 3.63) is 72.1 Å². The Morgan fingerprint density at radius 1 is 1.03 bits per heavy atom. The number of benzene rings is 2. The Hall–Kier alpha value is -3.03. The molecule has 1 N–H and O–H groups in total. The molecule has 2 aromatic carbocycles. The van der Waals surface area contributed by atoms with Crippen molar-refractivity contribution >= 4 is 11.0 Å². The van der Waals surface area contributed by atoms with Crippen LogP contribution in [-0.4, -0.2) is 51.3 Å². The van der Waals surface area contributed by atoms with Gasteiger partial charge in [-0.2, -0.15) is 4.98 Å². The van der Waals surface area contributed by atoms with E-state index in [1.165, 1.54) is 0 Å². The van der Waals surface area contributed by atoms with Gasteiger partial charge in [0.1, 0.15) is 5.82 Å². The summed E-state index contributed by atoms with van der Waals surface area (Å²) in [5.41, 5.74) is 3.21. The van der Waals surface area contributed by atoms with E-state index >= 15 is 0 Å². The van der Waals surface area contributed by atoms with Gasteiger partial charge in [0.15, 0.2) is 5.82 Å². The lowest BCUT2D eigenvalue weighted by Gasteiger charge is -2.30. The Balaban J connectivity index is 1.40. The van der Waals surface area contributed by atoms with Crippen LogP contribution in [0, 0.1) is 0 Å². The number of fused-ring (bicyclic) bond motifs is 1. The Bertz CT molecular complexity index is 1100. The van der Waals surface area contributed by atoms with Crippen LogP contribution in [0.15, 0.2) is 59.1 Å². The molecule has 7 heteroatoms. The number of nitrogens with zero attached hydrogens (tertiary/aromatic N) is 5. The number of hydrogen-bond donors (Lipinski definition) is 1.